The highest BCUT2D eigenvalue weighted by Gasteiger charge is 2.26. The smallest absolute Gasteiger partial charge is 0.0863 e. The van der Waals surface area contributed by atoms with E-state index in [0.29, 0.717) is 5.92 Å². The first-order valence-corrected chi connectivity index (χ1v) is 5.04. The minimum atomic E-state index is 0. The van der Waals surface area contributed by atoms with Crippen LogP contribution in [0.2, 0.25) is 0 Å². The summed E-state index contributed by atoms with van der Waals surface area (Å²) >= 11 is 0. The summed E-state index contributed by atoms with van der Waals surface area (Å²) in [6.45, 7) is 1.08. The molecule has 0 heterocycles. The predicted molar refractivity (Wildman–Crippen MR) is 54.1 cm³/mol. The summed E-state index contributed by atoms with van der Waals surface area (Å²) < 4.78 is 0.948. The Hall–Kier alpha value is 0.160. The van der Waals surface area contributed by atoms with Crippen molar-refractivity contribution in [1.82, 2.24) is 0 Å². The van der Waals surface area contributed by atoms with Crippen LogP contribution in [-0.4, -0.2) is 43.1 Å². The van der Waals surface area contributed by atoms with E-state index in [1.165, 1.54) is 19.3 Å². The van der Waals surface area contributed by atoms with E-state index in [9.17, 15) is 0 Å². The highest BCUT2D eigenvalue weighted by Crippen LogP contribution is 2.23. The van der Waals surface area contributed by atoms with Gasteiger partial charge in [0.2, 0.25) is 0 Å². The molecular weight excluding hydrogens is 291 g/mol. The van der Waals surface area contributed by atoms with Gasteiger partial charge in [-0.15, -0.1) is 0 Å². The van der Waals surface area contributed by atoms with Crippen molar-refractivity contribution in [2.75, 3.05) is 27.7 Å². The van der Waals surface area contributed by atoms with Gasteiger partial charge in [0.15, 0.2) is 0 Å². The van der Waals surface area contributed by atoms with Crippen molar-refractivity contribution in [3.05, 3.63) is 0 Å². The van der Waals surface area contributed by atoms with Crippen molar-refractivity contribution in [2.24, 2.45) is 11.1 Å². The molecule has 14 heavy (non-hydrogen) atoms. The highest BCUT2D eigenvalue weighted by molar-refractivity contribution is 5.86. The molecule has 0 aliphatic heterocycles. The summed E-state index contributed by atoms with van der Waals surface area (Å²) in [6.07, 6.45) is 4.65. The third-order valence-corrected chi connectivity index (χ3v) is 2.60. The molecule has 1 unspecified atom stereocenters. The zero-order valence-electron chi connectivity index (χ0n) is 9.33. The minimum absolute atomic E-state index is 0. The highest BCUT2D eigenvalue weighted by atomic mass is 127. The largest absolute Gasteiger partial charge is 1.00 e. The molecule has 0 bridgehead atoms. The van der Waals surface area contributed by atoms with E-state index in [1.54, 1.807) is 0 Å². The fraction of sp³-hybridized carbons (Fsp3) is 0.900. The molecule has 0 saturated heterocycles. The quantitative estimate of drug-likeness (QED) is 0.293. The number of rotatable bonds is 2. The third kappa shape index (κ3) is 4.59. The van der Waals surface area contributed by atoms with E-state index in [0.717, 1.165) is 23.2 Å². The average molecular weight is 312 g/mol. The molecule has 1 aliphatic rings. The molecule has 84 valence electrons. The summed E-state index contributed by atoms with van der Waals surface area (Å²) in [4.78, 5) is 0. The Kier molecular flexibility index (Phi) is 5.97. The Morgan fingerprint density at radius 3 is 2.50 bits per heavy atom. The zero-order valence-corrected chi connectivity index (χ0v) is 11.5. The van der Waals surface area contributed by atoms with Gasteiger partial charge in [0.1, 0.15) is 0 Å². The van der Waals surface area contributed by atoms with Crippen molar-refractivity contribution < 1.29 is 33.7 Å². The number of nitrogens with zero attached hydrogens (tertiary/aromatic N) is 2. The second kappa shape index (κ2) is 5.90. The Labute approximate surface area is 104 Å². The molecule has 0 spiro atoms. The van der Waals surface area contributed by atoms with Gasteiger partial charge < -0.3 is 33.7 Å². The predicted octanol–water partition coefficient (Wildman–Crippen LogP) is -1.28. The van der Waals surface area contributed by atoms with Gasteiger partial charge >= 0.3 is 0 Å². The summed E-state index contributed by atoms with van der Waals surface area (Å²) in [7, 11) is 6.55. The van der Waals surface area contributed by atoms with Crippen molar-refractivity contribution >= 4 is 5.71 Å². The lowest BCUT2D eigenvalue weighted by molar-refractivity contribution is -0.872. The maximum absolute atomic E-state index is 8.84. The van der Waals surface area contributed by atoms with E-state index in [2.05, 4.69) is 26.3 Å². The Morgan fingerprint density at radius 2 is 2.00 bits per heavy atom. The summed E-state index contributed by atoms with van der Waals surface area (Å²) in [5.41, 5.74) is 1.01. The van der Waals surface area contributed by atoms with Crippen LogP contribution < -0.4 is 24.0 Å². The van der Waals surface area contributed by atoms with Crippen molar-refractivity contribution in [3.8, 4) is 0 Å². The number of oxime groups is 1. The molecule has 1 aliphatic carbocycles. The number of quaternary nitrogens is 1. The van der Waals surface area contributed by atoms with Gasteiger partial charge in [-0.25, -0.2) is 0 Å². The summed E-state index contributed by atoms with van der Waals surface area (Å²) in [5.74, 6) is 0.499. The lowest BCUT2D eigenvalue weighted by Crippen LogP contribution is -3.00. The molecule has 0 aromatic rings. The van der Waals surface area contributed by atoms with E-state index in [-0.39, 0.29) is 24.0 Å². The van der Waals surface area contributed by atoms with E-state index in [4.69, 9.17) is 5.21 Å². The Bertz CT molecular complexity index is 199. The van der Waals surface area contributed by atoms with Gasteiger partial charge in [-0.05, 0) is 19.3 Å². The summed E-state index contributed by atoms with van der Waals surface area (Å²) in [6, 6.07) is 0. The average Bonchev–Trinajstić information content (AvgIpc) is 2.02. The molecule has 0 radical (unpaired) electrons. The molecule has 0 amide bonds. The maximum Gasteiger partial charge on any atom is 0.0863 e. The van der Waals surface area contributed by atoms with Crippen molar-refractivity contribution in [3.63, 3.8) is 0 Å². The molecule has 0 aromatic carbocycles. The number of hydrogen-bond acceptors (Lipinski definition) is 2. The molecule has 0 aromatic heterocycles. The molecular formula is C10H21IN2O. The molecule has 1 rings (SSSR count). The monoisotopic (exact) mass is 312 g/mol. The van der Waals surface area contributed by atoms with E-state index in [1.807, 2.05) is 0 Å². The van der Waals surface area contributed by atoms with Crippen LogP contribution >= 0.6 is 0 Å². The van der Waals surface area contributed by atoms with Gasteiger partial charge in [0.05, 0.1) is 33.4 Å². The summed E-state index contributed by atoms with van der Waals surface area (Å²) in [5, 5.41) is 12.3. The van der Waals surface area contributed by atoms with Crippen molar-refractivity contribution in [1.29, 1.82) is 0 Å². The van der Waals surface area contributed by atoms with Crippen LogP contribution in [0.3, 0.4) is 0 Å². The van der Waals surface area contributed by atoms with Gasteiger partial charge in [-0.1, -0.05) is 11.6 Å². The molecule has 4 heteroatoms. The van der Waals surface area contributed by atoms with Crippen LogP contribution in [0.5, 0.6) is 0 Å². The fourth-order valence-electron chi connectivity index (χ4n) is 2.06. The third-order valence-electron chi connectivity index (χ3n) is 2.60. The molecule has 1 atom stereocenters. The molecule has 3 nitrogen and oxygen atoms in total. The SMILES string of the molecule is C[N+](C)(C)CC1CCCCC1=NO.[I-]. The fourth-order valence-corrected chi connectivity index (χ4v) is 2.06. The lowest BCUT2D eigenvalue weighted by Gasteiger charge is -2.31. The lowest BCUT2D eigenvalue weighted by atomic mass is 9.86. The number of hydrogen-bond donors (Lipinski definition) is 1. The molecule has 1 saturated carbocycles. The van der Waals surface area contributed by atoms with Gasteiger partial charge in [-0.2, -0.15) is 0 Å². The Morgan fingerprint density at radius 1 is 1.36 bits per heavy atom. The van der Waals surface area contributed by atoms with Crippen molar-refractivity contribution in [2.45, 2.75) is 25.7 Å². The first-order chi connectivity index (χ1) is 6.03. The minimum Gasteiger partial charge on any atom is -1.00 e. The van der Waals surface area contributed by atoms with Gasteiger partial charge in [-0.3, -0.25) is 0 Å². The van der Waals surface area contributed by atoms with Gasteiger partial charge in [0, 0.05) is 5.92 Å². The second-order valence-corrected chi connectivity index (χ2v) is 5.01. The standard InChI is InChI=1S/C10H20N2O.HI/c1-12(2,3)8-9-6-4-5-7-10(9)11-13;/h9H,4-8H2,1-3H3;1H. The normalized spacial score (nSPS) is 25.9. The van der Waals surface area contributed by atoms with E-state index < -0.39 is 0 Å². The van der Waals surface area contributed by atoms with Crippen LogP contribution in [-0.2, 0) is 0 Å². The maximum atomic E-state index is 8.84. The number of halogens is 1. The molecule has 1 fully saturated rings. The zero-order chi connectivity index (χ0) is 9.90. The van der Waals surface area contributed by atoms with Crippen LogP contribution in [0, 0.1) is 5.92 Å². The molecule has 1 N–H and O–H groups in total. The Balaban J connectivity index is 0.00000169. The first-order valence-electron chi connectivity index (χ1n) is 5.04. The first kappa shape index (κ1) is 14.2. The van der Waals surface area contributed by atoms with E-state index >= 15 is 0 Å². The topological polar surface area (TPSA) is 32.6 Å². The van der Waals surface area contributed by atoms with Crippen LogP contribution in [0.4, 0.5) is 0 Å². The second-order valence-electron chi connectivity index (χ2n) is 5.01. The van der Waals surface area contributed by atoms with Crippen LogP contribution in [0.25, 0.3) is 0 Å². The van der Waals surface area contributed by atoms with Crippen LogP contribution in [0.1, 0.15) is 25.7 Å². The van der Waals surface area contributed by atoms with Crippen LogP contribution in [0.15, 0.2) is 5.16 Å². The van der Waals surface area contributed by atoms with Gasteiger partial charge in [0.25, 0.3) is 0 Å².